The second-order valence-corrected chi connectivity index (χ2v) is 17.1. The number of aryl methyl sites for hydroxylation is 1. The van der Waals surface area contributed by atoms with E-state index in [-0.39, 0.29) is 16.9 Å². The van der Waals surface area contributed by atoms with Crippen molar-refractivity contribution in [1.82, 2.24) is 0 Å². The molecule has 0 fully saturated rings. The molecule has 3 aromatic rings. The van der Waals surface area contributed by atoms with Crippen LogP contribution >= 0.6 is 0 Å². The fourth-order valence-corrected chi connectivity index (χ4v) is 6.26. The van der Waals surface area contributed by atoms with Crippen molar-refractivity contribution in [1.29, 1.82) is 0 Å². The third-order valence-corrected chi connectivity index (χ3v) is 13.0. The van der Waals surface area contributed by atoms with Crippen LogP contribution in [0.2, 0.25) is 18.1 Å². The van der Waals surface area contributed by atoms with Gasteiger partial charge in [0.1, 0.15) is 23.9 Å². The molecular formula is C33H40O5Si. The zero-order valence-corrected chi connectivity index (χ0v) is 25.3. The standard InChI is InChI=1S/C33H40O5Si/c1-21-15-30(38-39(6,7)33(2,3)4)27-13-14-28(27)32(21)23-10-8-9-22(16-23)19-36-25-11-12-26-24(17-31(34)35-5)20-37-29(26)18-25/h8-12,15-16,18,24H,13-14,17,19-20H2,1-7H3/t24-/m1/s1. The molecule has 206 valence electrons. The van der Waals surface area contributed by atoms with Crippen molar-refractivity contribution in [3.63, 3.8) is 0 Å². The zero-order valence-electron chi connectivity index (χ0n) is 24.3. The average Bonchev–Trinajstić information content (AvgIpc) is 3.25. The van der Waals surface area contributed by atoms with Crippen molar-refractivity contribution in [3.8, 4) is 28.4 Å². The van der Waals surface area contributed by atoms with Crippen LogP contribution in [-0.2, 0) is 29.0 Å². The molecule has 0 spiro atoms. The second-order valence-electron chi connectivity index (χ2n) is 12.4. The Hall–Kier alpha value is -3.25. The smallest absolute Gasteiger partial charge is 0.306 e. The molecule has 0 saturated heterocycles. The van der Waals surface area contributed by atoms with E-state index in [2.05, 4.69) is 71.1 Å². The molecule has 1 heterocycles. The molecule has 5 nitrogen and oxygen atoms in total. The first-order valence-electron chi connectivity index (χ1n) is 13.9. The van der Waals surface area contributed by atoms with Gasteiger partial charge in [0.05, 0.1) is 20.1 Å². The second kappa shape index (κ2) is 10.4. The molecule has 6 heteroatoms. The maximum atomic E-state index is 11.7. The number of carbonyl (C=O) groups is 1. The molecule has 0 bridgehead atoms. The molecule has 2 aliphatic rings. The lowest BCUT2D eigenvalue weighted by Crippen LogP contribution is -2.44. The Kier molecular flexibility index (Phi) is 7.27. The monoisotopic (exact) mass is 544 g/mol. The van der Waals surface area contributed by atoms with Gasteiger partial charge in [0.2, 0.25) is 8.32 Å². The number of fused-ring (bicyclic) bond motifs is 2. The van der Waals surface area contributed by atoms with Crippen LogP contribution in [0, 0.1) is 6.92 Å². The summed E-state index contributed by atoms with van der Waals surface area (Å²) in [5.74, 6) is 2.43. The summed E-state index contributed by atoms with van der Waals surface area (Å²) in [5, 5.41) is 0.167. The van der Waals surface area contributed by atoms with Gasteiger partial charge in [0.25, 0.3) is 0 Å². The molecule has 1 aliphatic heterocycles. The van der Waals surface area contributed by atoms with Crippen molar-refractivity contribution >= 4 is 14.3 Å². The fraction of sp³-hybridized carbons (Fsp3) is 0.424. The molecule has 0 N–H and O–H groups in total. The van der Waals surface area contributed by atoms with E-state index in [1.165, 1.54) is 34.9 Å². The Balaban J connectivity index is 1.32. The molecule has 1 atom stereocenters. The quantitative estimate of drug-likeness (QED) is 0.214. The van der Waals surface area contributed by atoms with Crippen LogP contribution in [0.3, 0.4) is 0 Å². The van der Waals surface area contributed by atoms with E-state index < -0.39 is 8.32 Å². The van der Waals surface area contributed by atoms with Crippen molar-refractivity contribution < 1.29 is 23.4 Å². The van der Waals surface area contributed by atoms with Gasteiger partial charge < -0.3 is 18.6 Å². The highest BCUT2D eigenvalue weighted by atomic mass is 28.4. The van der Waals surface area contributed by atoms with E-state index in [9.17, 15) is 4.79 Å². The highest BCUT2D eigenvalue weighted by Crippen LogP contribution is 2.45. The fourth-order valence-electron chi connectivity index (χ4n) is 5.22. The van der Waals surface area contributed by atoms with Crippen LogP contribution in [0.15, 0.2) is 48.5 Å². The van der Waals surface area contributed by atoms with E-state index in [4.69, 9.17) is 18.6 Å². The van der Waals surface area contributed by atoms with Gasteiger partial charge in [-0.05, 0) is 89.5 Å². The summed E-state index contributed by atoms with van der Waals surface area (Å²) in [6, 6.07) is 16.8. The minimum Gasteiger partial charge on any atom is -0.543 e. The Morgan fingerprint density at radius 1 is 1.05 bits per heavy atom. The van der Waals surface area contributed by atoms with E-state index in [0.717, 1.165) is 41.2 Å². The molecule has 1 aliphatic carbocycles. The van der Waals surface area contributed by atoms with Gasteiger partial charge in [-0.1, -0.05) is 45.0 Å². The van der Waals surface area contributed by atoms with Crippen LogP contribution < -0.4 is 13.9 Å². The maximum absolute atomic E-state index is 11.7. The minimum atomic E-state index is -1.90. The van der Waals surface area contributed by atoms with Gasteiger partial charge in [-0.25, -0.2) is 0 Å². The number of ether oxygens (including phenoxy) is 3. The molecule has 0 radical (unpaired) electrons. The van der Waals surface area contributed by atoms with Crippen molar-refractivity contribution in [2.45, 2.75) is 77.6 Å². The number of hydrogen-bond donors (Lipinski definition) is 0. The molecule has 0 saturated carbocycles. The lowest BCUT2D eigenvalue weighted by atomic mass is 9.79. The topological polar surface area (TPSA) is 54.0 Å². The molecule has 0 aromatic heterocycles. The highest BCUT2D eigenvalue weighted by Gasteiger charge is 2.40. The summed E-state index contributed by atoms with van der Waals surface area (Å²) >= 11 is 0. The number of benzene rings is 3. The highest BCUT2D eigenvalue weighted by molar-refractivity contribution is 6.74. The zero-order chi connectivity index (χ0) is 27.9. The lowest BCUT2D eigenvalue weighted by Gasteiger charge is -2.39. The Morgan fingerprint density at radius 2 is 1.82 bits per heavy atom. The lowest BCUT2D eigenvalue weighted by molar-refractivity contribution is -0.141. The first-order chi connectivity index (χ1) is 18.5. The summed E-state index contributed by atoms with van der Waals surface area (Å²) in [4.78, 5) is 11.7. The average molecular weight is 545 g/mol. The van der Waals surface area contributed by atoms with Crippen molar-refractivity contribution in [3.05, 3.63) is 76.3 Å². The normalized spacial score (nSPS) is 16.0. The predicted molar refractivity (Wildman–Crippen MR) is 157 cm³/mol. The summed E-state index contributed by atoms with van der Waals surface area (Å²) in [6.07, 6.45) is 2.49. The van der Waals surface area contributed by atoms with Gasteiger partial charge >= 0.3 is 5.97 Å². The third-order valence-electron chi connectivity index (χ3n) is 8.63. The van der Waals surface area contributed by atoms with Crippen LogP contribution in [0.4, 0.5) is 0 Å². The number of esters is 1. The Bertz CT molecular complexity index is 1400. The van der Waals surface area contributed by atoms with Gasteiger partial charge in [0, 0.05) is 17.5 Å². The molecule has 5 rings (SSSR count). The number of carbonyl (C=O) groups excluding carboxylic acids is 1. The SMILES string of the molecule is COC(=O)C[C@@H]1COc2cc(OCc3cccc(-c4c(C)cc(O[Si](C)(C)C(C)(C)C)c5c4CC5)c3)ccc21. The number of hydrogen-bond acceptors (Lipinski definition) is 5. The van der Waals surface area contributed by atoms with Crippen LogP contribution in [0.25, 0.3) is 11.1 Å². The largest absolute Gasteiger partial charge is 0.543 e. The van der Waals surface area contributed by atoms with Gasteiger partial charge in [-0.15, -0.1) is 0 Å². The Labute approximate surface area is 233 Å². The van der Waals surface area contributed by atoms with Crippen molar-refractivity contribution in [2.75, 3.05) is 13.7 Å². The minimum absolute atomic E-state index is 0.0257. The molecule has 0 unspecified atom stereocenters. The van der Waals surface area contributed by atoms with Gasteiger partial charge in [-0.2, -0.15) is 0 Å². The first-order valence-corrected chi connectivity index (χ1v) is 16.8. The van der Waals surface area contributed by atoms with E-state index in [0.29, 0.717) is 19.6 Å². The predicted octanol–water partition coefficient (Wildman–Crippen LogP) is 7.76. The maximum Gasteiger partial charge on any atom is 0.306 e. The van der Waals surface area contributed by atoms with Gasteiger partial charge in [0.15, 0.2) is 0 Å². The third kappa shape index (κ3) is 5.44. The summed E-state index contributed by atoms with van der Waals surface area (Å²) < 4.78 is 23.6. The molecular weight excluding hydrogens is 504 g/mol. The van der Waals surface area contributed by atoms with Crippen LogP contribution in [-0.4, -0.2) is 28.0 Å². The number of methoxy groups -OCH3 is 1. The molecule has 3 aromatic carbocycles. The van der Waals surface area contributed by atoms with Crippen LogP contribution in [0.5, 0.6) is 17.2 Å². The van der Waals surface area contributed by atoms with E-state index in [1.807, 2.05) is 18.2 Å². The Morgan fingerprint density at radius 3 is 2.51 bits per heavy atom. The van der Waals surface area contributed by atoms with Crippen LogP contribution in [0.1, 0.15) is 60.9 Å². The van der Waals surface area contributed by atoms with E-state index >= 15 is 0 Å². The number of rotatable bonds is 8. The van der Waals surface area contributed by atoms with E-state index in [1.54, 1.807) is 0 Å². The van der Waals surface area contributed by atoms with Gasteiger partial charge in [-0.3, -0.25) is 4.79 Å². The molecule has 39 heavy (non-hydrogen) atoms. The summed E-state index contributed by atoms with van der Waals surface area (Å²) in [6.45, 7) is 14.7. The molecule has 0 amide bonds. The summed E-state index contributed by atoms with van der Waals surface area (Å²) in [7, 11) is -0.489. The first kappa shape index (κ1) is 27.3. The van der Waals surface area contributed by atoms with Crippen molar-refractivity contribution in [2.24, 2.45) is 0 Å². The summed E-state index contributed by atoms with van der Waals surface area (Å²) in [5.41, 5.74) is 8.78.